The van der Waals surface area contributed by atoms with Gasteiger partial charge in [0.05, 0.1) is 5.56 Å². The van der Waals surface area contributed by atoms with Crippen molar-refractivity contribution in [1.82, 2.24) is 5.32 Å². The molecule has 1 heterocycles. The number of carbonyl (C=O) groups is 2. The summed E-state index contributed by atoms with van der Waals surface area (Å²) in [7, 11) is 0. The summed E-state index contributed by atoms with van der Waals surface area (Å²) in [6.45, 7) is 2.34. The van der Waals surface area contributed by atoms with Crippen molar-refractivity contribution in [3.8, 4) is 0 Å². The highest BCUT2D eigenvalue weighted by molar-refractivity contribution is 5.93. The van der Waals surface area contributed by atoms with E-state index in [0.717, 1.165) is 6.42 Å². The molecule has 1 N–H and O–H groups in total. The smallest absolute Gasteiger partial charge is 0.285 e. The predicted molar refractivity (Wildman–Crippen MR) is 79.8 cm³/mol. The molecule has 21 heavy (non-hydrogen) atoms. The van der Waals surface area contributed by atoms with Crippen LogP contribution in [-0.4, -0.2) is 18.2 Å². The molecule has 2 aromatic rings. The van der Waals surface area contributed by atoms with E-state index in [4.69, 9.17) is 0 Å². The Balaban J connectivity index is 1.82. The highest BCUT2D eigenvalue weighted by atomic mass is 16.2. The summed E-state index contributed by atoms with van der Waals surface area (Å²) in [6.07, 6.45) is 4.28. The van der Waals surface area contributed by atoms with E-state index in [1.54, 1.807) is 29.1 Å². The molecule has 1 aromatic heterocycles. The fourth-order valence-corrected chi connectivity index (χ4v) is 2.04. The minimum Gasteiger partial charge on any atom is -0.350 e. The van der Waals surface area contributed by atoms with Gasteiger partial charge in [0.2, 0.25) is 6.54 Å². The molecule has 4 nitrogen and oxygen atoms in total. The molecule has 0 atom stereocenters. The second-order valence-corrected chi connectivity index (χ2v) is 4.91. The largest absolute Gasteiger partial charge is 0.350 e. The van der Waals surface area contributed by atoms with E-state index in [0.29, 0.717) is 12.1 Å². The number of nitrogens with zero attached hydrogens (tertiary/aromatic N) is 1. The maximum absolute atomic E-state index is 11.9. The zero-order valence-corrected chi connectivity index (χ0v) is 12.1. The van der Waals surface area contributed by atoms with Crippen molar-refractivity contribution in [3.63, 3.8) is 0 Å². The number of carbonyl (C=O) groups excluding carboxylic acids is 2. The molecule has 0 aliphatic carbocycles. The molecular weight excluding hydrogens is 264 g/mol. The maximum Gasteiger partial charge on any atom is 0.285 e. The minimum absolute atomic E-state index is 0.00571. The quantitative estimate of drug-likeness (QED) is 0.646. The average molecular weight is 283 g/mol. The van der Waals surface area contributed by atoms with E-state index in [1.165, 1.54) is 12.5 Å². The number of hydrogen-bond donors (Lipinski definition) is 1. The molecule has 2 rings (SSSR count). The minimum atomic E-state index is -0.0587. The van der Waals surface area contributed by atoms with Crippen molar-refractivity contribution in [2.45, 2.75) is 19.9 Å². The maximum atomic E-state index is 11.9. The van der Waals surface area contributed by atoms with Gasteiger partial charge in [0.15, 0.2) is 18.2 Å². The molecule has 0 bridgehead atoms. The summed E-state index contributed by atoms with van der Waals surface area (Å²) in [4.78, 5) is 23.2. The van der Waals surface area contributed by atoms with Gasteiger partial charge in [-0.3, -0.25) is 9.59 Å². The highest BCUT2D eigenvalue weighted by Gasteiger charge is 2.11. The van der Waals surface area contributed by atoms with E-state index in [-0.39, 0.29) is 18.2 Å². The Bertz CT molecular complexity index is 624. The number of nitrogens with one attached hydrogen (secondary N) is 1. The van der Waals surface area contributed by atoms with Crippen LogP contribution in [0.1, 0.15) is 22.8 Å². The van der Waals surface area contributed by atoms with Crippen LogP contribution in [0.25, 0.3) is 0 Å². The van der Waals surface area contributed by atoms with E-state index in [1.807, 2.05) is 30.3 Å². The van der Waals surface area contributed by atoms with Crippen LogP contribution >= 0.6 is 0 Å². The molecule has 0 saturated carbocycles. The van der Waals surface area contributed by atoms with Crippen LogP contribution in [0.15, 0.2) is 54.9 Å². The van der Waals surface area contributed by atoms with Crippen molar-refractivity contribution in [2.24, 2.45) is 0 Å². The second kappa shape index (κ2) is 7.33. The van der Waals surface area contributed by atoms with Crippen molar-refractivity contribution in [3.05, 3.63) is 66.0 Å². The fourth-order valence-electron chi connectivity index (χ4n) is 2.04. The zero-order chi connectivity index (χ0) is 15.1. The topological polar surface area (TPSA) is 50.0 Å². The van der Waals surface area contributed by atoms with Crippen LogP contribution in [0, 0.1) is 0 Å². The van der Waals surface area contributed by atoms with Gasteiger partial charge in [0.25, 0.3) is 5.91 Å². The van der Waals surface area contributed by atoms with Gasteiger partial charge in [-0.25, -0.2) is 0 Å². The van der Waals surface area contributed by atoms with Crippen LogP contribution in [0.3, 0.4) is 0 Å². The number of Topliss-reactive ketones (excluding diaryl/α,β-unsaturated/α-hetero) is 1. The molecule has 1 amide bonds. The number of amides is 1. The Morgan fingerprint density at radius 2 is 1.86 bits per heavy atom. The van der Waals surface area contributed by atoms with Crippen molar-refractivity contribution < 1.29 is 14.2 Å². The molecule has 0 aliphatic heterocycles. The monoisotopic (exact) mass is 283 g/mol. The number of aromatic nitrogens is 1. The van der Waals surface area contributed by atoms with Crippen molar-refractivity contribution >= 4 is 11.7 Å². The van der Waals surface area contributed by atoms with Crippen LogP contribution in [-0.2, 0) is 17.8 Å². The van der Waals surface area contributed by atoms with Crippen molar-refractivity contribution in [2.75, 3.05) is 6.54 Å². The van der Waals surface area contributed by atoms with Crippen molar-refractivity contribution in [1.29, 1.82) is 0 Å². The highest BCUT2D eigenvalue weighted by Crippen LogP contribution is 1.98. The average Bonchev–Trinajstić information content (AvgIpc) is 2.48. The Morgan fingerprint density at radius 3 is 2.57 bits per heavy atom. The van der Waals surface area contributed by atoms with Gasteiger partial charge < -0.3 is 5.32 Å². The van der Waals surface area contributed by atoms with E-state index in [2.05, 4.69) is 5.32 Å². The number of hydrogen-bond acceptors (Lipinski definition) is 2. The van der Waals surface area contributed by atoms with Crippen LogP contribution in [0.5, 0.6) is 0 Å². The normalized spacial score (nSPS) is 10.1. The lowest BCUT2D eigenvalue weighted by Crippen LogP contribution is -2.43. The summed E-state index contributed by atoms with van der Waals surface area (Å²) in [5.74, 6) is -0.0644. The second-order valence-electron chi connectivity index (χ2n) is 4.91. The Kier molecular flexibility index (Phi) is 5.21. The third-order valence-electron chi connectivity index (χ3n) is 3.17. The van der Waals surface area contributed by atoms with E-state index < -0.39 is 0 Å². The first-order valence-electron chi connectivity index (χ1n) is 6.96. The molecule has 0 spiro atoms. The lowest BCUT2D eigenvalue weighted by Gasteiger charge is -2.03. The van der Waals surface area contributed by atoms with Gasteiger partial charge in [-0.05, 0) is 25.0 Å². The molecule has 0 unspecified atom stereocenters. The first-order valence-corrected chi connectivity index (χ1v) is 6.96. The van der Waals surface area contributed by atoms with Gasteiger partial charge in [-0.2, -0.15) is 4.57 Å². The van der Waals surface area contributed by atoms with Gasteiger partial charge in [-0.15, -0.1) is 0 Å². The Labute approximate surface area is 124 Å². The predicted octanol–water partition coefficient (Wildman–Crippen LogP) is 1.54. The Hall–Kier alpha value is -2.49. The fraction of sp³-hybridized carbons (Fsp3) is 0.235. The molecule has 108 valence electrons. The third kappa shape index (κ3) is 4.84. The SMILES string of the molecule is CC(=O)c1ccc[n+](CC(=O)NCCc2ccccc2)c1. The molecule has 0 radical (unpaired) electrons. The zero-order valence-electron chi connectivity index (χ0n) is 12.1. The van der Waals surface area contributed by atoms with Gasteiger partial charge in [0.1, 0.15) is 0 Å². The molecule has 0 saturated heterocycles. The lowest BCUT2D eigenvalue weighted by atomic mass is 10.1. The molecule has 0 fully saturated rings. The first-order chi connectivity index (χ1) is 10.1. The van der Waals surface area contributed by atoms with E-state index in [9.17, 15) is 9.59 Å². The molecule has 1 aromatic carbocycles. The first kappa shape index (κ1) is 14.9. The van der Waals surface area contributed by atoms with E-state index >= 15 is 0 Å². The summed E-state index contributed by atoms with van der Waals surface area (Å²) >= 11 is 0. The van der Waals surface area contributed by atoms with Gasteiger partial charge in [0, 0.05) is 12.6 Å². The number of pyridine rings is 1. The molecule has 4 heteroatoms. The Morgan fingerprint density at radius 1 is 1.10 bits per heavy atom. The lowest BCUT2D eigenvalue weighted by molar-refractivity contribution is -0.684. The standard InChI is InChI=1S/C17H18N2O2/c1-14(20)16-8-5-11-19(12-16)13-17(21)18-10-9-15-6-3-2-4-7-15/h2-8,11-12H,9-10,13H2,1H3/p+1. The summed E-state index contributed by atoms with van der Waals surface area (Å²) < 4.78 is 1.72. The molecular formula is C17H19N2O2+. The van der Waals surface area contributed by atoms with Gasteiger partial charge >= 0.3 is 0 Å². The summed E-state index contributed by atoms with van der Waals surface area (Å²) in [6, 6.07) is 13.5. The van der Waals surface area contributed by atoms with Crippen LogP contribution in [0.2, 0.25) is 0 Å². The third-order valence-corrected chi connectivity index (χ3v) is 3.17. The molecule has 0 aliphatic rings. The van der Waals surface area contributed by atoms with Crippen LogP contribution in [0.4, 0.5) is 0 Å². The summed E-state index contributed by atoms with van der Waals surface area (Å²) in [5.41, 5.74) is 1.80. The number of rotatable bonds is 6. The van der Waals surface area contributed by atoms with Gasteiger partial charge in [-0.1, -0.05) is 30.3 Å². The number of benzene rings is 1. The number of ketones is 1. The van der Waals surface area contributed by atoms with Crippen LogP contribution < -0.4 is 9.88 Å². The summed E-state index contributed by atoms with van der Waals surface area (Å²) in [5, 5.41) is 2.88.